The van der Waals surface area contributed by atoms with Gasteiger partial charge in [-0.2, -0.15) is 12.1 Å². The zero-order chi connectivity index (χ0) is 15.7. The smallest absolute Gasteiger partial charge is 1.00 e. The maximum absolute atomic E-state index is 2.24. The Hall–Kier alpha value is -0.660. The van der Waals surface area contributed by atoms with E-state index < -0.39 is 0 Å². The summed E-state index contributed by atoms with van der Waals surface area (Å²) in [7, 11) is 0. The van der Waals surface area contributed by atoms with Gasteiger partial charge < -0.3 is 39.7 Å². The van der Waals surface area contributed by atoms with Gasteiger partial charge in [0.2, 0.25) is 0 Å². The van der Waals surface area contributed by atoms with Gasteiger partial charge in [-0.1, -0.05) is 37.1 Å². The number of rotatable bonds is 0. The zero-order valence-electron chi connectivity index (χ0n) is 17.5. The van der Waals surface area contributed by atoms with Crippen LogP contribution in [-0.4, -0.2) is 11.0 Å². The molecule has 0 spiro atoms. The van der Waals surface area contributed by atoms with Gasteiger partial charge in [0.25, 0.3) is 0 Å². The maximum Gasteiger partial charge on any atom is 2.00 e. The molecule has 0 heterocycles. The molecule has 0 amide bonds. The Labute approximate surface area is 207 Å². The molecule has 0 saturated heterocycles. The van der Waals surface area contributed by atoms with Gasteiger partial charge in [-0.15, -0.1) is 69.1 Å². The second kappa shape index (κ2) is 15.2. The van der Waals surface area contributed by atoms with Crippen molar-refractivity contribution >= 4 is 32.5 Å². The first-order valence-corrected chi connectivity index (χ1v) is 7.80. The molecule has 0 aliphatic rings. The molecule has 0 atom stereocenters. The van der Waals surface area contributed by atoms with Crippen molar-refractivity contribution in [1.82, 2.24) is 0 Å². The molecule has 4 heteroatoms. The van der Waals surface area contributed by atoms with Crippen LogP contribution in [0.25, 0.3) is 21.5 Å². The summed E-state index contributed by atoms with van der Waals surface area (Å²) >= 11 is 0. The number of hydrogen-bond acceptors (Lipinski definition) is 0. The van der Waals surface area contributed by atoms with E-state index >= 15 is 0 Å². The molecule has 0 fully saturated rings. The standard InChI is InChI=1S/2C11H11.2CH3.2ClH.Si.Zr/c2*1-8-6-10-5-3-4-9(2)11(10)7-8;;;;;;/h2*3-7H,1-2H3;2*1H3;2*1H;;/q4*-1;;;;+2/p-2. The van der Waals surface area contributed by atoms with Gasteiger partial charge in [-0.25, -0.2) is 0 Å². The molecule has 0 aromatic heterocycles. The quantitative estimate of drug-likeness (QED) is 0.245. The van der Waals surface area contributed by atoms with Crippen LogP contribution in [0.4, 0.5) is 0 Å². The third kappa shape index (κ3) is 7.99. The zero-order valence-corrected chi connectivity index (χ0v) is 22.5. The molecule has 150 valence electrons. The van der Waals surface area contributed by atoms with Crippen LogP contribution >= 0.6 is 0 Å². The van der Waals surface area contributed by atoms with Gasteiger partial charge in [0, 0.05) is 11.0 Å². The Morgan fingerprint density at radius 2 is 0.929 bits per heavy atom. The summed E-state index contributed by atoms with van der Waals surface area (Å²) in [5.41, 5.74) is 5.45. The minimum absolute atomic E-state index is 0. The monoisotopic (exact) mass is 504 g/mol. The first-order valence-electron chi connectivity index (χ1n) is 7.80. The van der Waals surface area contributed by atoms with Crippen LogP contribution in [-0.2, 0) is 26.2 Å². The Balaban J connectivity index is -0.000000169. The van der Waals surface area contributed by atoms with E-state index in [2.05, 4.69) is 88.4 Å². The van der Waals surface area contributed by atoms with E-state index in [9.17, 15) is 0 Å². The summed E-state index contributed by atoms with van der Waals surface area (Å²) < 4.78 is 0. The minimum Gasteiger partial charge on any atom is -1.00 e. The molecule has 4 aromatic rings. The van der Waals surface area contributed by atoms with Gasteiger partial charge in [0.15, 0.2) is 0 Å². The summed E-state index contributed by atoms with van der Waals surface area (Å²) in [6.45, 7) is 8.59. The van der Waals surface area contributed by atoms with E-state index in [0.29, 0.717) is 0 Å². The van der Waals surface area contributed by atoms with Gasteiger partial charge in [-0.3, -0.25) is 0 Å². The Morgan fingerprint density at radius 1 is 0.607 bits per heavy atom. The van der Waals surface area contributed by atoms with E-state index in [4.69, 9.17) is 0 Å². The number of benzene rings is 2. The largest absolute Gasteiger partial charge is 2.00 e. The van der Waals surface area contributed by atoms with Crippen LogP contribution in [0.15, 0.2) is 60.7 Å². The van der Waals surface area contributed by atoms with Gasteiger partial charge in [0.05, 0.1) is 0 Å². The predicted molar refractivity (Wildman–Crippen MR) is 117 cm³/mol. The van der Waals surface area contributed by atoms with E-state index in [1.54, 1.807) is 0 Å². The van der Waals surface area contributed by atoms with E-state index in [-0.39, 0.29) is 76.8 Å². The van der Waals surface area contributed by atoms with Crippen molar-refractivity contribution in [2.75, 3.05) is 0 Å². The molecule has 0 aliphatic carbocycles. The molecule has 4 rings (SSSR count). The van der Waals surface area contributed by atoms with Crippen molar-refractivity contribution in [1.29, 1.82) is 0 Å². The molecular weight excluding hydrogens is 478 g/mol. The molecule has 4 radical (unpaired) electrons. The van der Waals surface area contributed by atoms with Crippen LogP contribution < -0.4 is 24.8 Å². The van der Waals surface area contributed by atoms with E-state index in [1.165, 1.54) is 43.8 Å². The molecule has 0 bridgehead atoms. The Kier molecular flexibility index (Phi) is 18.9. The number of fused-ring (bicyclic) bond motifs is 2. The molecule has 0 nitrogen and oxygen atoms in total. The third-order valence-corrected chi connectivity index (χ3v) is 4.23. The molecule has 4 aromatic carbocycles. The van der Waals surface area contributed by atoms with Crippen LogP contribution in [0.3, 0.4) is 0 Å². The average Bonchev–Trinajstić information content (AvgIpc) is 3.03. The summed E-state index contributed by atoms with van der Waals surface area (Å²) in [5.74, 6) is 0. The predicted octanol–water partition coefficient (Wildman–Crippen LogP) is 0.876. The number of halogens is 2. The van der Waals surface area contributed by atoms with E-state index in [1.807, 2.05) is 0 Å². The molecule has 28 heavy (non-hydrogen) atoms. The van der Waals surface area contributed by atoms with Crippen molar-refractivity contribution in [2.45, 2.75) is 27.7 Å². The summed E-state index contributed by atoms with van der Waals surface area (Å²) in [6, 6.07) is 21.8. The van der Waals surface area contributed by atoms with Crippen LogP contribution in [0, 0.1) is 42.5 Å². The first kappa shape index (κ1) is 34.8. The van der Waals surface area contributed by atoms with Crippen LogP contribution in [0.2, 0.25) is 0 Å². The summed E-state index contributed by atoms with van der Waals surface area (Å²) in [6.07, 6.45) is 0. The summed E-state index contributed by atoms with van der Waals surface area (Å²) in [5, 5.41) is 5.51. The molecule has 0 unspecified atom stereocenters. The Morgan fingerprint density at radius 3 is 1.21 bits per heavy atom. The van der Waals surface area contributed by atoms with Gasteiger partial charge in [0.1, 0.15) is 0 Å². The van der Waals surface area contributed by atoms with Gasteiger partial charge in [-0.05, 0) is 13.8 Å². The first-order chi connectivity index (χ1) is 10.5. The third-order valence-electron chi connectivity index (χ3n) is 4.23. The fraction of sp³-hybridized carbons (Fsp3) is 0.167. The second-order valence-electron chi connectivity index (χ2n) is 6.22. The van der Waals surface area contributed by atoms with Crippen molar-refractivity contribution < 1.29 is 51.0 Å². The fourth-order valence-electron chi connectivity index (χ4n) is 3.08. The molecule has 0 N–H and O–H groups in total. The fourth-order valence-corrected chi connectivity index (χ4v) is 3.08. The van der Waals surface area contributed by atoms with Gasteiger partial charge >= 0.3 is 26.2 Å². The second-order valence-corrected chi connectivity index (χ2v) is 6.22. The topological polar surface area (TPSA) is 0 Å². The maximum atomic E-state index is 2.24. The molecule has 0 saturated carbocycles. The van der Waals surface area contributed by atoms with Crippen molar-refractivity contribution in [2.24, 2.45) is 0 Å². The van der Waals surface area contributed by atoms with Crippen LogP contribution in [0.1, 0.15) is 22.3 Å². The number of aryl methyl sites for hydroxylation is 4. The number of hydrogen-bond donors (Lipinski definition) is 0. The van der Waals surface area contributed by atoms with E-state index in [0.717, 1.165) is 0 Å². The van der Waals surface area contributed by atoms with Crippen molar-refractivity contribution in [3.05, 3.63) is 97.8 Å². The van der Waals surface area contributed by atoms with Crippen molar-refractivity contribution in [3.63, 3.8) is 0 Å². The average molecular weight is 507 g/mol. The molecular formula is C24H28Cl2SiZr-4. The summed E-state index contributed by atoms with van der Waals surface area (Å²) in [4.78, 5) is 0. The SMILES string of the molecule is Cc1cc2c(C)cccc2[cH-]1.Cc1cc2c(C)cccc2[cH-]1.[CH3-].[CH3-].[Cl-].[Cl-].[Si].[Zr+2]. The molecule has 0 aliphatic heterocycles. The Bertz CT molecular complexity index is 860. The van der Waals surface area contributed by atoms with Crippen molar-refractivity contribution in [3.8, 4) is 0 Å². The van der Waals surface area contributed by atoms with Crippen LogP contribution in [0.5, 0.6) is 0 Å². The normalized spacial score (nSPS) is 8.43. The minimum atomic E-state index is 0.